The van der Waals surface area contributed by atoms with Gasteiger partial charge in [-0.2, -0.15) is 0 Å². The van der Waals surface area contributed by atoms with E-state index in [4.69, 9.17) is 0 Å². The number of aryl methyl sites for hydroxylation is 1. The van der Waals surface area contributed by atoms with Gasteiger partial charge in [-0.1, -0.05) is 47.4 Å². The van der Waals surface area contributed by atoms with E-state index >= 15 is 0 Å². The van der Waals surface area contributed by atoms with Crippen LogP contribution in [0.2, 0.25) is 0 Å². The fourth-order valence-electron chi connectivity index (χ4n) is 2.50. The molecule has 0 fully saturated rings. The molecule has 0 saturated carbocycles. The first-order chi connectivity index (χ1) is 12.7. The summed E-state index contributed by atoms with van der Waals surface area (Å²) in [5.74, 6) is 1.15. The van der Waals surface area contributed by atoms with E-state index in [1.165, 1.54) is 28.7 Å². The number of anilines is 2. The van der Waals surface area contributed by atoms with Crippen LogP contribution in [0.25, 0.3) is 10.9 Å². The van der Waals surface area contributed by atoms with E-state index in [1.807, 2.05) is 43.3 Å². The van der Waals surface area contributed by atoms with Gasteiger partial charge in [-0.25, -0.2) is 4.98 Å². The van der Waals surface area contributed by atoms with E-state index in [1.54, 1.807) is 6.07 Å². The lowest BCUT2D eigenvalue weighted by Crippen LogP contribution is -2.11. The monoisotopic (exact) mass is 381 g/mol. The van der Waals surface area contributed by atoms with Gasteiger partial charge in [0.2, 0.25) is 5.13 Å². The molecule has 2 aromatic heterocycles. The zero-order valence-corrected chi connectivity index (χ0v) is 15.5. The molecule has 4 aromatic rings. The molecule has 4 rings (SSSR count). The topological polar surface area (TPSA) is 83.6 Å². The molecule has 0 aliphatic carbocycles. The molecule has 26 heavy (non-hydrogen) atoms. The molecule has 2 aromatic carbocycles. The summed E-state index contributed by atoms with van der Waals surface area (Å²) in [6.07, 6.45) is 0. The van der Waals surface area contributed by atoms with Gasteiger partial charge in [0, 0.05) is 5.69 Å². The van der Waals surface area contributed by atoms with E-state index in [0.717, 1.165) is 15.2 Å². The van der Waals surface area contributed by atoms with Crippen LogP contribution in [0.5, 0.6) is 0 Å². The van der Waals surface area contributed by atoms with Crippen LogP contribution in [-0.2, 0) is 5.75 Å². The Hall–Kier alpha value is -2.71. The molecular weight excluding hydrogens is 366 g/mol. The smallest absolute Gasteiger partial charge is 0.258 e. The van der Waals surface area contributed by atoms with Gasteiger partial charge in [-0.05, 0) is 36.8 Å². The second kappa shape index (κ2) is 7.27. The highest BCUT2D eigenvalue weighted by atomic mass is 32.2. The molecule has 0 aliphatic rings. The van der Waals surface area contributed by atoms with Crippen LogP contribution in [0.3, 0.4) is 0 Å². The van der Waals surface area contributed by atoms with Crippen molar-refractivity contribution in [3.05, 3.63) is 70.3 Å². The van der Waals surface area contributed by atoms with Crippen molar-refractivity contribution < 1.29 is 0 Å². The summed E-state index contributed by atoms with van der Waals surface area (Å²) in [4.78, 5) is 19.4. The average Bonchev–Trinajstić information content (AvgIpc) is 3.07. The Labute approximate surface area is 157 Å². The number of nitrogens with one attached hydrogen (secondary N) is 2. The van der Waals surface area contributed by atoms with Crippen LogP contribution in [0, 0.1) is 6.92 Å². The third kappa shape index (κ3) is 3.76. The second-order valence-corrected chi connectivity index (χ2v) is 7.89. The number of nitrogens with zero attached hydrogens (tertiary/aromatic N) is 3. The molecule has 0 saturated heterocycles. The summed E-state index contributed by atoms with van der Waals surface area (Å²) in [6, 6.07) is 15.4. The summed E-state index contributed by atoms with van der Waals surface area (Å²) in [6.45, 7) is 2.05. The van der Waals surface area contributed by atoms with Gasteiger partial charge in [0.1, 0.15) is 5.82 Å². The quantitative estimate of drug-likeness (QED) is 0.506. The number of fused-ring (bicyclic) bond motifs is 1. The molecule has 6 nitrogen and oxygen atoms in total. The van der Waals surface area contributed by atoms with E-state index in [2.05, 4.69) is 31.5 Å². The lowest BCUT2D eigenvalue weighted by Gasteiger charge is -2.02. The maximum absolute atomic E-state index is 12.1. The van der Waals surface area contributed by atoms with E-state index in [0.29, 0.717) is 22.5 Å². The minimum absolute atomic E-state index is 0.120. The van der Waals surface area contributed by atoms with Crippen LogP contribution >= 0.6 is 23.1 Å². The van der Waals surface area contributed by atoms with Crippen molar-refractivity contribution in [3.8, 4) is 0 Å². The first kappa shape index (κ1) is 16.7. The Balaban J connectivity index is 1.46. The standard InChI is InChI=1S/C18H15N5OS2/c1-11-5-4-6-12(9-11)19-17-22-23-18(26-17)25-10-15-20-14-8-3-2-7-13(14)16(24)21-15/h2-9H,10H2,1H3,(H,19,22)(H,20,21,24). The van der Waals surface area contributed by atoms with Crippen LogP contribution in [-0.4, -0.2) is 20.2 Å². The average molecular weight is 381 g/mol. The molecule has 0 radical (unpaired) electrons. The Kier molecular flexibility index (Phi) is 4.68. The number of thioether (sulfide) groups is 1. The van der Waals surface area contributed by atoms with Crippen molar-refractivity contribution in [2.75, 3.05) is 5.32 Å². The van der Waals surface area contributed by atoms with Gasteiger partial charge in [0.15, 0.2) is 4.34 Å². The van der Waals surface area contributed by atoms with Crippen LogP contribution < -0.4 is 10.9 Å². The van der Waals surface area contributed by atoms with Gasteiger partial charge < -0.3 is 10.3 Å². The maximum atomic E-state index is 12.1. The van der Waals surface area contributed by atoms with E-state index in [-0.39, 0.29) is 5.56 Å². The lowest BCUT2D eigenvalue weighted by molar-refractivity contribution is 1.00. The molecular formula is C18H15N5OS2. The van der Waals surface area contributed by atoms with Crippen LogP contribution in [0.4, 0.5) is 10.8 Å². The molecule has 0 bridgehead atoms. The second-order valence-electron chi connectivity index (χ2n) is 5.69. The lowest BCUT2D eigenvalue weighted by atomic mass is 10.2. The van der Waals surface area contributed by atoms with Crippen molar-refractivity contribution in [1.82, 2.24) is 20.2 Å². The number of benzene rings is 2. The first-order valence-electron chi connectivity index (χ1n) is 7.95. The minimum atomic E-state index is -0.120. The number of aromatic nitrogens is 4. The Morgan fingerprint density at radius 3 is 2.92 bits per heavy atom. The van der Waals surface area contributed by atoms with Crippen molar-refractivity contribution in [3.63, 3.8) is 0 Å². The van der Waals surface area contributed by atoms with Gasteiger partial charge in [0.25, 0.3) is 5.56 Å². The molecule has 0 atom stereocenters. The normalized spacial score (nSPS) is 11.0. The number of aromatic amines is 1. The predicted molar refractivity (Wildman–Crippen MR) is 106 cm³/mol. The number of H-pyrrole nitrogens is 1. The predicted octanol–water partition coefficient (Wildman–Crippen LogP) is 4.12. The van der Waals surface area contributed by atoms with Crippen LogP contribution in [0.1, 0.15) is 11.4 Å². The van der Waals surface area contributed by atoms with Gasteiger partial charge in [0.05, 0.1) is 16.7 Å². The van der Waals surface area contributed by atoms with Crippen molar-refractivity contribution in [1.29, 1.82) is 0 Å². The number of hydrogen-bond donors (Lipinski definition) is 2. The zero-order chi connectivity index (χ0) is 17.9. The fraction of sp³-hybridized carbons (Fsp3) is 0.111. The summed E-state index contributed by atoms with van der Waals surface area (Å²) < 4.78 is 0.816. The zero-order valence-electron chi connectivity index (χ0n) is 13.9. The molecule has 130 valence electrons. The molecule has 0 aliphatic heterocycles. The van der Waals surface area contributed by atoms with Gasteiger partial charge >= 0.3 is 0 Å². The summed E-state index contributed by atoms with van der Waals surface area (Å²) in [5.41, 5.74) is 2.75. The Morgan fingerprint density at radius 1 is 1.15 bits per heavy atom. The minimum Gasteiger partial charge on any atom is -0.330 e. The van der Waals surface area contributed by atoms with Crippen molar-refractivity contribution >= 4 is 44.8 Å². The first-order valence-corrected chi connectivity index (χ1v) is 9.75. The number of hydrogen-bond acceptors (Lipinski definition) is 7. The Bertz CT molecular complexity index is 1120. The van der Waals surface area contributed by atoms with Crippen LogP contribution in [0.15, 0.2) is 57.7 Å². The molecule has 2 N–H and O–H groups in total. The molecule has 0 spiro atoms. The van der Waals surface area contributed by atoms with E-state index < -0.39 is 0 Å². The highest BCUT2D eigenvalue weighted by Crippen LogP contribution is 2.29. The summed E-state index contributed by atoms with van der Waals surface area (Å²) in [7, 11) is 0. The highest BCUT2D eigenvalue weighted by Gasteiger charge is 2.08. The van der Waals surface area contributed by atoms with E-state index in [9.17, 15) is 4.79 Å². The Morgan fingerprint density at radius 2 is 2.04 bits per heavy atom. The third-order valence-electron chi connectivity index (χ3n) is 3.67. The third-order valence-corrected chi connectivity index (χ3v) is 5.65. The maximum Gasteiger partial charge on any atom is 0.258 e. The fourth-order valence-corrected chi connectivity index (χ4v) is 4.14. The highest BCUT2D eigenvalue weighted by molar-refractivity contribution is 8.00. The van der Waals surface area contributed by atoms with Crippen molar-refractivity contribution in [2.45, 2.75) is 17.0 Å². The summed E-state index contributed by atoms with van der Waals surface area (Å²) in [5, 5.41) is 12.9. The molecule has 0 amide bonds. The van der Waals surface area contributed by atoms with Gasteiger partial charge in [-0.15, -0.1) is 10.2 Å². The van der Waals surface area contributed by atoms with Crippen molar-refractivity contribution in [2.24, 2.45) is 0 Å². The molecule has 0 unspecified atom stereocenters. The molecule has 8 heteroatoms. The van der Waals surface area contributed by atoms with Gasteiger partial charge in [-0.3, -0.25) is 4.79 Å². The number of para-hydroxylation sites is 1. The largest absolute Gasteiger partial charge is 0.330 e. The number of rotatable bonds is 5. The molecule has 2 heterocycles. The summed E-state index contributed by atoms with van der Waals surface area (Å²) >= 11 is 2.97. The SMILES string of the molecule is Cc1cccc(Nc2nnc(SCc3nc4ccccc4c(=O)[nH]3)s2)c1.